The van der Waals surface area contributed by atoms with E-state index in [1.807, 2.05) is 23.3 Å². The largest absolute Gasteiger partial charge is 0.467 e. The summed E-state index contributed by atoms with van der Waals surface area (Å²) in [6.07, 6.45) is 0.200. The van der Waals surface area contributed by atoms with Crippen molar-refractivity contribution in [3.63, 3.8) is 0 Å². The van der Waals surface area contributed by atoms with E-state index in [2.05, 4.69) is 59.8 Å². The average molecular weight is 408 g/mol. The second-order valence-electron chi connectivity index (χ2n) is 9.61. The van der Waals surface area contributed by atoms with Gasteiger partial charge < -0.3 is 9.16 Å². The predicted molar refractivity (Wildman–Crippen MR) is 114 cm³/mol. The van der Waals surface area contributed by atoms with E-state index in [0.29, 0.717) is 19.5 Å². The van der Waals surface area contributed by atoms with E-state index in [0.717, 1.165) is 5.56 Å². The van der Waals surface area contributed by atoms with Gasteiger partial charge in [-0.25, -0.2) is 4.79 Å². The van der Waals surface area contributed by atoms with Gasteiger partial charge in [0.1, 0.15) is 0 Å². The number of hydroxylamine groups is 2. The van der Waals surface area contributed by atoms with Crippen LogP contribution in [-0.2, 0) is 25.3 Å². The van der Waals surface area contributed by atoms with Crippen LogP contribution in [0, 0.1) is 5.92 Å². The Labute approximate surface area is 171 Å². The van der Waals surface area contributed by atoms with Crippen molar-refractivity contribution in [2.45, 2.75) is 77.4 Å². The molecule has 1 aliphatic rings. The Kier molecular flexibility index (Phi) is 7.13. The van der Waals surface area contributed by atoms with E-state index in [1.165, 1.54) is 7.11 Å². The summed E-state index contributed by atoms with van der Waals surface area (Å²) in [5.41, 5.74) is 0.0438. The van der Waals surface area contributed by atoms with E-state index in [-0.39, 0.29) is 23.0 Å². The van der Waals surface area contributed by atoms with Crippen LogP contribution in [0.25, 0.3) is 0 Å². The van der Waals surface area contributed by atoms with Gasteiger partial charge in [-0.2, -0.15) is 5.06 Å². The molecule has 2 rings (SSSR count). The molecule has 0 bridgehead atoms. The topological polar surface area (TPSA) is 48.0 Å². The van der Waals surface area contributed by atoms with Crippen LogP contribution >= 0.6 is 0 Å². The number of rotatable bonds is 7. The first-order valence-corrected chi connectivity index (χ1v) is 13.1. The standard InChI is InChI=1S/C22H37NO4Si/c1-17(2)19(26-28(7,8)21(3,4)5)22(20(24)25-6)14-15-23(27-22)16-18-12-10-9-11-13-18/h9-13,17,19H,14-16H2,1-8H3/t19-,22+/m1/s1. The van der Waals surface area contributed by atoms with Gasteiger partial charge in [0.2, 0.25) is 5.60 Å². The zero-order valence-electron chi connectivity index (χ0n) is 18.7. The van der Waals surface area contributed by atoms with Crippen LogP contribution in [0.4, 0.5) is 0 Å². The molecule has 0 amide bonds. The molecule has 0 saturated carbocycles. The highest BCUT2D eigenvalue weighted by atomic mass is 28.4. The van der Waals surface area contributed by atoms with Crippen LogP contribution in [0.15, 0.2) is 30.3 Å². The van der Waals surface area contributed by atoms with Gasteiger partial charge in [0, 0.05) is 19.5 Å². The number of methoxy groups -OCH3 is 1. The fourth-order valence-corrected chi connectivity index (χ4v) is 4.85. The Bertz CT molecular complexity index is 656. The lowest BCUT2D eigenvalue weighted by Crippen LogP contribution is -2.58. The minimum absolute atomic E-state index is 0.0414. The smallest absolute Gasteiger partial charge is 0.343 e. The number of carbonyl (C=O) groups excluding carboxylic acids is 1. The van der Waals surface area contributed by atoms with Crippen LogP contribution in [0.3, 0.4) is 0 Å². The molecule has 0 N–H and O–H groups in total. The van der Waals surface area contributed by atoms with Crippen molar-refractivity contribution in [1.29, 1.82) is 0 Å². The van der Waals surface area contributed by atoms with Crippen LogP contribution in [0.2, 0.25) is 18.1 Å². The van der Waals surface area contributed by atoms with E-state index in [9.17, 15) is 4.79 Å². The maximum absolute atomic E-state index is 13.0. The third-order valence-electron chi connectivity index (χ3n) is 6.05. The fraction of sp³-hybridized carbons (Fsp3) is 0.682. The summed E-state index contributed by atoms with van der Waals surface area (Å²) in [7, 11) is -0.679. The zero-order valence-corrected chi connectivity index (χ0v) is 19.7. The van der Waals surface area contributed by atoms with Gasteiger partial charge in [-0.1, -0.05) is 65.0 Å². The van der Waals surface area contributed by atoms with Crippen molar-refractivity contribution < 1.29 is 18.8 Å². The molecule has 28 heavy (non-hydrogen) atoms. The van der Waals surface area contributed by atoms with Crippen LogP contribution in [0.5, 0.6) is 0 Å². The summed E-state index contributed by atoms with van der Waals surface area (Å²) in [4.78, 5) is 19.3. The fourth-order valence-electron chi connectivity index (χ4n) is 3.40. The lowest BCUT2D eigenvalue weighted by atomic mass is 9.86. The molecule has 1 saturated heterocycles. The Hall–Kier alpha value is -1.21. The maximum atomic E-state index is 13.0. The maximum Gasteiger partial charge on any atom is 0.343 e. The first-order chi connectivity index (χ1) is 12.9. The quantitative estimate of drug-likeness (QED) is 0.481. The van der Waals surface area contributed by atoms with E-state index in [1.54, 1.807) is 0 Å². The van der Waals surface area contributed by atoms with Gasteiger partial charge >= 0.3 is 5.97 Å². The third kappa shape index (κ3) is 4.85. The lowest BCUT2D eigenvalue weighted by molar-refractivity contribution is -0.241. The second-order valence-corrected chi connectivity index (χ2v) is 14.4. The minimum atomic E-state index is -2.11. The van der Waals surface area contributed by atoms with Gasteiger partial charge in [0.15, 0.2) is 8.32 Å². The predicted octanol–water partition coefficient (Wildman–Crippen LogP) is 4.78. The second kappa shape index (κ2) is 8.65. The summed E-state index contributed by atoms with van der Waals surface area (Å²) >= 11 is 0. The molecule has 0 aliphatic carbocycles. The summed E-state index contributed by atoms with van der Waals surface area (Å²) in [6, 6.07) is 10.1. The van der Waals surface area contributed by atoms with Gasteiger partial charge in [-0.15, -0.1) is 0 Å². The Morgan fingerprint density at radius 1 is 1.25 bits per heavy atom. The monoisotopic (exact) mass is 407 g/mol. The molecule has 0 aromatic heterocycles. The molecule has 1 heterocycles. The summed E-state index contributed by atoms with van der Waals surface area (Å²) < 4.78 is 12.0. The molecule has 1 aliphatic heterocycles. The van der Waals surface area contributed by atoms with Crippen molar-refractivity contribution in [3.8, 4) is 0 Å². The molecule has 158 valence electrons. The molecule has 0 radical (unpaired) electrons. The van der Waals surface area contributed by atoms with Crippen LogP contribution in [0.1, 0.15) is 46.6 Å². The SMILES string of the molecule is COC(=O)[C@@]1([C@H](O[Si](C)(C)C(C)(C)C)C(C)C)CCN(Cc2ccccc2)O1. The number of hydrogen-bond acceptors (Lipinski definition) is 5. The normalized spacial score (nSPS) is 22.5. The number of esters is 1. The molecule has 6 heteroatoms. The minimum Gasteiger partial charge on any atom is -0.467 e. The Morgan fingerprint density at radius 2 is 1.86 bits per heavy atom. The molecule has 1 aromatic carbocycles. The average Bonchev–Trinajstić information content (AvgIpc) is 3.03. The Balaban J connectivity index is 2.31. The molecule has 1 aromatic rings. The Morgan fingerprint density at radius 3 is 2.36 bits per heavy atom. The van der Waals surface area contributed by atoms with Crippen molar-refractivity contribution in [2.75, 3.05) is 13.7 Å². The van der Waals surface area contributed by atoms with Gasteiger partial charge in [0.05, 0.1) is 13.2 Å². The van der Waals surface area contributed by atoms with Gasteiger partial charge in [-0.05, 0) is 29.6 Å². The highest BCUT2D eigenvalue weighted by Crippen LogP contribution is 2.43. The van der Waals surface area contributed by atoms with E-state index >= 15 is 0 Å². The van der Waals surface area contributed by atoms with E-state index < -0.39 is 13.9 Å². The summed E-state index contributed by atoms with van der Waals surface area (Å²) in [5, 5.41) is 1.91. The molecule has 0 spiro atoms. The van der Waals surface area contributed by atoms with Crippen LogP contribution in [-0.4, -0.2) is 44.7 Å². The number of carbonyl (C=O) groups is 1. The van der Waals surface area contributed by atoms with Crippen molar-refractivity contribution in [1.82, 2.24) is 5.06 Å². The number of benzene rings is 1. The van der Waals surface area contributed by atoms with Crippen molar-refractivity contribution in [2.24, 2.45) is 5.92 Å². The van der Waals surface area contributed by atoms with Crippen molar-refractivity contribution in [3.05, 3.63) is 35.9 Å². The summed E-state index contributed by atoms with van der Waals surface area (Å²) in [5.74, 6) is -0.231. The van der Waals surface area contributed by atoms with Crippen LogP contribution < -0.4 is 0 Å². The highest BCUT2D eigenvalue weighted by molar-refractivity contribution is 6.74. The van der Waals surface area contributed by atoms with Gasteiger partial charge in [-0.3, -0.25) is 4.84 Å². The van der Waals surface area contributed by atoms with Crippen molar-refractivity contribution >= 4 is 14.3 Å². The van der Waals surface area contributed by atoms with E-state index in [4.69, 9.17) is 14.0 Å². The number of hydrogen-bond donors (Lipinski definition) is 0. The number of nitrogens with zero attached hydrogens (tertiary/aromatic N) is 1. The zero-order chi connectivity index (χ0) is 21.2. The molecule has 2 atom stereocenters. The number of ether oxygens (including phenoxy) is 1. The molecule has 0 unspecified atom stereocenters. The molecule has 5 nitrogen and oxygen atoms in total. The van der Waals surface area contributed by atoms with Gasteiger partial charge in [0.25, 0.3) is 0 Å². The molecular weight excluding hydrogens is 370 g/mol. The molecule has 1 fully saturated rings. The molecular formula is C22H37NO4Si. The lowest BCUT2D eigenvalue weighted by Gasteiger charge is -2.45. The first kappa shape index (κ1) is 23.1. The summed E-state index contributed by atoms with van der Waals surface area (Å²) in [6.45, 7) is 16.5. The first-order valence-electron chi connectivity index (χ1n) is 10.2. The third-order valence-corrected chi connectivity index (χ3v) is 10.5. The highest BCUT2D eigenvalue weighted by Gasteiger charge is 2.57.